The molecule has 2 aromatic carbocycles. The number of ketones is 1. The van der Waals surface area contributed by atoms with Crippen LogP contribution in [0.4, 0.5) is 0 Å². The van der Waals surface area contributed by atoms with Gasteiger partial charge in [-0.25, -0.2) is 4.98 Å². The number of carboxylic acids is 1. The average Bonchev–Trinajstić information content (AvgIpc) is 3.07. The van der Waals surface area contributed by atoms with E-state index in [0.29, 0.717) is 5.16 Å². The van der Waals surface area contributed by atoms with Crippen molar-refractivity contribution in [1.29, 1.82) is 0 Å². The number of fused-ring (bicyclic) bond motifs is 1. The second kappa shape index (κ2) is 7.56. The Balaban J connectivity index is 1.95. The Labute approximate surface area is 162 Å². The Hall–Kier alpha value is -2.60. The number of imidazole rings is 1. The van der Waals surface area contributed by atoms with Gasteiger partial charge in [-0.2, -0.15) is 0 Å². The molecular formula is C21H22N2O3S. The van der Waals surface area contributed by atoms with Gasteiger partial charge >= 0.3 is 5.97 Å². The van der Waals surface area contributed by atoms with Crippen molar-refractivity contribution in [2.75, 3.05) is 0 Å². The number of nitrogens with zero attached hydrogens (tertiary/aromatic N) is 2. The summed E-state index contributed by atoms with van der Waals surface area (Å²) < 4.78 is 1.22. The molecule has 0 saturated heterocycles. The Morgan fingerprint density at radius 3 is 2.52 bits per heavy atom. The van der Waals surface area contributed by atoms with E-state index >= 15 is 0 Å². The zero-order valence-electron chi connectivity index (χ0n) is 15.6. The van der Waals surface area contributed by atoms with Gasteiger partial charge in [0.15, 0.2) is 5.16 Å². The summed E-state index contributed by atoms with van der Waals surface area (Å²) in [5.41, 5.74) is 2.21. The highest BCUT2D eigenvalue weighted by Gasteiger charge is 2.31. The molecule has 1 aromatic heterocycles. The number of aromatic nitrogens is 2. The lowest BCUT2D eigenvalue weighted by Crippen LogP contribution is -2.28. The maximum absolute atomic E-state index is 12.5. The van der Waals surface area contributed by atoms with Crippen molar-refractivity contribution in [2.45, 2.75) is 43.5 Å². The molecule has 0 amide bonds. The van der Waals surface area contributed by atoms with E-state index < -0.39 is 10.7 Å². The summed E-state index contributed by atoms with van der Waals surface area (Å²) in [6.45, 7) is 5.71. The van der Waals surface area contributed by atoms with Crippen LogP contribution in [0.3, 0.4) is 0 Å². The van der Waals surface area contributed by atoms with E-state index in [0.717, 1.165) is 11.1 Å². The molecule has 0 fully saturated rings. The van der Waals surface area contributed by atoms with Gasteiger partial charge in [0.25, 0.3) is 0 Å². The first-order valence-electron chi connectivity index (χ1n) is 8.76. The molecule has 27 heavy (non-hydrogen) atoms. The van der Waals surface area contributed by atoms with Crippen LogP contribution in [-0.4, -0.2) is 31.2 Å². The van der Waals surface area contributed by atoms with Crippen molar-refractivity contribution in [3.05, 3.63) is 54.4 Å². The molecule has 0 radical (unpaired) electrons. The third-order valence-corrected chi connectivity index (χ3v) is 5.79. The van der Waals surface area contributed by atoms with Crippen LogP contribution in [0.5, 0.6) is 0 Å². The van der Waals surface area contributed by atoms with Gasteiger partial charge in [-0.15, -0.1) is 0 Å². The molecule has 3 aromatic rings. The fourth-order valence-electron chi connectivity index (χ4n) is 3.00. The smallest absolute Gasteiger partial charge is 0.303 e. The number of aryl methyl sites for hydroxylation is 1. The fourth-order valence-corrected chi connectivity index (χ4v) is 4.04. The van der Waals surface area contributed by atoms with Crippen LogP contribution < -0.4 is 0 Å². The number of aliphatic carboxylic acids is 1. The third kappa shape index (κ3) is 4.06. The van der Waals surface area contributed by atoms with E-state index in [1.54, 1.807) is 6.20 Å². The lowest BCUT2D eigenvalue weighted by Gasteiger charge is -2.22. The molecular weight excluding hydrogens is 360 g/mol. The van der Waals surface area contributed by atoms with Crippen molar-refractivity contribution in [1.82, 2.24) is 9.55 Å². The molecule has 3 rings (SSSR count). The third-order valence-electron chi connectivity index (χ3n) is 4.57. The van der Waals surface area contributed by atoms with Gasteiger partial charge in [-0.1, -0.05) is 42.1 Å². The predicted octanol–water partition coefficient (Wildman–Crippen LogP) is 4.64. The number of Topliss-reactive ketones (excluding diaryl/α,β-unsaturated/α-hetero) is 1. The number of hydrogen-bond acceptors (Lipinski definition) is 4. The zero-order chi connectivity index (χ0) is 19.6. The molecule has 5 nitrogen and oxygen atoms in total. The monoisotopic (exact) mass is 382 g/mol. The summed E-state index contributed by atoms with van der Waals surface area (Å²) in [7, 11) is 0. The van der Waals surface area contributed by atoms with Crippen molar-refractivity contribution < 1.29 is 14.7 Å². The Morgan fingerprint density at radius 1 is 1.11 bits per heavy atom. The molecule has 6 heteroatoms. The summed E-state index contributed by atoms with van der Waals surface area (Å²) >= 11 is 1.36. The van der Waals surface area contributed by atoms with Crippen LogP contribution in [0.15, 0.2) is 53.9 Å². The number of rotatable bonds is 7. The van der Waals surface area contributed by atoms with Gasteiger partial charge in [-0.05, 0) is 37.8 Å². The van der Waals surface area contributed by atoms with Crippen LogP contribution in [-0.2, 0) is 9.59 Å². The number of thioether (sulfide) groups is 1. The molecule has 1 N–H and O–H groups in total. The minimum absolute atomic E-state index is 0.0174. The first-order chi connectivity index (χ1) is 12.8. The predicted molar refractivity (Wildman–Crippen MR) is 108 cm³/mol. The molecule has 0 unspecified atom stereocenters. The van der Waals surface area contributed by atoms with Gasteiger partial charge in [0.05, 0.1) is 16.9 Å². The summed E-state index contributed by atoms with van der Waals surface area (Å²) in [5.74, 6) is -1.06. The van der Waals surface area contributed by atoms with Crippen molar-refractivity contribution >= 4 is 34.3 Å². The van der Waals surface area contributed by atoms with Crippen LogP contribution in [0, 0.1) is 6.92 Å². The van der Waals surface area contributed by atoms with Crippen LogP contribution in [0.2, 0.25) is 0 Å². The van der Waals surface area contributed by atoms with Gasteiger partial charge in [-0.3, -0.25) is 14.2 Å². The topological polar surface area (TPSA) is 72.2 Å². The second-order valence-electron chi connectivity index (χ2n) is 6.96. The number of benzene rings is 2. The molecule has 0 aliphatic rings. The highest BCUT2D eigenvalue weighted by molar-refractivity contribution is 8.01. The molecule has 140 valence electrons. The summed E-state index contributed by atoms with van der Waals surface area (Å²) in [6.07, 6.45) is 3.47. The fraction of sp³-hybridized carbons (Fsp3) is 0.286. The number of hydrogen-bond donors (Lipinski definition) is 1. The summed E-state index contributed by atoms with van der Waals surface area (Å²) in [6, 6.07) is 12.3. The highest BCUT2D eigenvalue weighted by Crippen LogP contribution is 2.36. The SMILES string of the molecule is Cc1ccc(-n2ccnc2SC(C)(C)C(=O)CCC(=O)O)c2ccccc12. The summed E-state index contributed by atoms with van der Waals surface area (Å²) in [5, 5.41) is 11.8. The van der Waals surface area contributed by atoms with Crippen LogP contribution in [0.1, 0.15) is 32.3 Å². The largest absolute Gasteiger partial charge is 0.481 e. The summed E-state index contributed by atoms with van der Waals surface area (Å²) in [4.78, 5) is 27.7. The Bertz CT molecular complexity index is 1010. The van der Waals surface area contributed by atoms with E-state index in [4.69, 9.17) is 5.11 Å². The van der Waals surface area contributed by atoms with E-state index in [9.17, 15) is 9.59 Å². The minimum Gasteiger partial charge on any atom is -0.481 e. The second-order valence-corrected chi connectivity index (χ2v) is 8.55. The van der Waals surface area contributed by atoms with E-state index in [-0.39, 0.29) is 18.6 Å². The minimum atomic E-state index is -0.961. The normalized spacial score (nSPS) is 11.7. The van der Waals surface area contributed by atoms with E-state index in [1.807, 2.05) is 36.7 Å². The Kier molecular flexibility index (Phi) is 5.37. The molecule has 0 saturated carbocycles. The quantitative estimate of drug-likeness (QED) is 0.603. The van der Waals surface area contributed by atoms with Crippen molar-refractivity contribution in [2.24, 2.45) is 0 Å². The van der Waals surface area contributed by atoms with Crippen LogP contribution >= 0.6 is 11.8 Å². The molecule has 0 atom stereocenters. The average molecular weight is 382 g/mol. The molecule has 0 spiro atoms. The number of carbonyl (C=O) groups excluding carboxylic acids is 1. The standard InChI is InChI=1S/C21H22N2O3S/c1-14-8-9-17(16-7-5-4-6-15(14)16)23-13-12-22-20(23)27-21(2,3)18(24)10-11-19(25)26/h4-9,12-13H,10-11H2,1-3H3,(H,25,26). The van der Waals surface area contributed by atoms with E-state index in [2.05, 4.69) is 36.2 Å². The maximum Gasteiger partial charge on any atom is 0.303 e. The van der Waals surface area contributed by atoms with E-state index in [1.165, 1.54) is 22.7 Å². The highest BCUT2D eigenvalue weighted by atomic mass is 32.2. The van der Waals surface area contributed by atoms with Crippen LogP contribution in [0.25, 0.3) is 16.5 Å². The Morgan fingerprint density at radius 2 is 1.81 bits per heavy atom. The maximum atomic E-state index is 12.5. The lowest BCUT2D eigenvalue weighted by atomic mass is 10.0. The lowest BCUT2D eigenvalue weighted by molar-refractivity contribution is -0.138. The molecule has 1 heterocycles. The van der Waals surface area contributed by atoms with Gasteiger partial charge in [0.2, 0.25) is 0 Å². The molecule has 0 aliphatic heterocycles. The van der Waals surface area contributed by atoms with Gasteiger partial charge in [0, 0.05) is 24.2 Å². The zero-order valence-corrected chi connectivity index (χ0v) is 16.4. The number of carbonyl (C=O) groups is 2. The molecule has 0 aliphatic carbocycles. The van der Waals surface area contributed by atoms with Gasteiger partial charge < -0.3 is 5.11 Å². The van der Waals surface area contributed by atoms with Crippen molar-refractivity contribution in [3.63, 3.8) is 0 Å². The van der Waals surface area contributed by atoms with Crippen molar-refractivity contribution in [3.8, 4) is 5.69 Å². The first-order valence-corrected chi connectivity index (χ1v) is 9.57. The first kappa shape index (κ1) is 19.2. The molecule has 0 bridgehead atoms. The van der Waals surface area contributed by atoms with Gasteiger partial charge in [0.1, 0.15) is 5.78 Å². The number of carboxylic acid groups (broad SMARTS) is 1.